The van der Waals surface area contributed by atoms with Crippen molar-refractivity contribution in [1.82, 2.24) is 19.8 Å². The number of para-hydroxylation sites is 2. The van der Waals surface area contributed by atoms with E-state index in [4.69, 9.17) is 16.6 Å². The molecule has 2 aromatic carbocycles. The van der Waals surface area contributed by atoms with Gasteiger partial charge in [0.1, 0.15) is 12.4 Å². The number of carbonyl (C=O) groups is 2. The van der Waals surface area contributed by atoms with E-state index in [-0.39, 0.29) is 24.8 Å². The summed E-state index contributed by atoms with van der Waals surface area (Å²) in [7, 11) is 0. The lowest BCUT2D eigenvalue weighted by atomic mass is 10.1. The van der Waals surface area contributed by atoms with E-state index < -0.39 is 0 Å². The first-order chi connectivity index (χ1) is 15.5. The van der Waals surface area contributed by atoms with Gasteiger partial charge in [0.25, 0.3) is 0 Å². The molecule has 0 aliphatic carbocycles. The molecular weight excluding hydrogens is 424 g/mol. The number of hydrogen-bond donors (Lipinski definition) is 1. The molecule has 1 heterocycles. The zero-order valence-electron chi connectivity index (χ0n) is 18.8. The molecule has 0 atom stereocenters. The molecule has 3 aromatic rings. The van der Waals surface area contributed by atoms with Gasteiger partial charge in [0.05, 0.1) is 17.5 Å². The zero-order chi connectivity index (χ0) is 22.9. The minimum Gasteiger partial charge on any atom is -0.355 e. The number of halogens is 1. The van der Waals surface area contributed by atoms with Gasteiger partial charge in [0, 0.05) is 31.1 Å². The highest BCUT2D eigenvalue weighted by atomic mass is 35.5. The second-order valence-corrected chi connectivity index (χ2v) is 8.26. The zero-order valence-corrected chi connectivity index (χ0v) is 19.6. The molecule has 6 nitrogen and oxygen atoms in total. The van der Waals surface area contributed by atoms with E-state index in [1.807, 2.05) is 51.9 Å². The van der Waals surface area contributed by atoms with E-state index in [1.165, 1.54) is 0 Å². The third kappa shape index (κ3) is 6.10. The van der Waals surface area contributed by atoms with Gasteiger partial charge in [0.15, 0.2) is 0 Å². The smallest absolute Gasteiger partial charge is 0.242 e. The number of benzene rings is 2. The molecule has 0 aliphatic heterocycles. The van der Waals surface area contributed by atoms with Crippen molar-refractivity contribution in [3.63, 3.8) is 0 Å². The summed E-state index contributed by atoms with van der Waals surface area (Å²) >= 11 is 6.15. The maximum atomic E-state index is 13.0. The molecule has 0 radical (unpaired) electrons. The third-order valence-electron chi connectivity index (χ3n) is 5.35. The van der Waals surface area contributed by atoms with Crippen LogP contribution in [0.3, 0.4) is 0 Å². The number of fused-ring (bicyclic) bond motifs is 1. The predicted molar refractivity (Wildman–Crippen MR) is 129 cm³/mol. The number of hydrogen-bond acceptors (Lipinski definition) is 3. The molecule has 1 N–H and O–H groups in total. The Labute approximate surface area is 194 Å². The van der Waals surface area contributed by atoms with Gasteiger partial charge in [0.2, 0.25) is 11.8 Å². The molecule has 0 aliphatic rings. The quantitative estimate of drug-likeness (QED) is 0.471. The lowest BCUT2D eigenvalue weighted by Gasteiger charge is -2.22. The average Bonchev–Trinajstić information content (AvgIpc) is 3.12. The Bertz CT molecular complexity index is 1060. The molecule has 170 valence electrons. The van der Waals surface area contributed by atoms with E-state index in [2.05, 4.69) is 19.2 Å². The summed E-state index contributed by atoms with van der Waals surface area (Å²) in [6.45, 7) is 6.37. The highest BCUT2D eigenvalue weighted by Gasteiger charge is 2.17. The Morgan fingerprint density at radius 2 is 1.72 bits per heavy atom. The van der Waals surface area contributed by atoms with Gasteiger partial charge in [-0.05, 0) is 36.6 Å². The minimum atomic E-state index is -0.0890. The molecule has 1 aromatic heterocycles. The van der Waals surface area contributed by atoms with Crippen molar-refractivity contribution in [1.29, 1.82) is 0 Å². The largest absolute Gasteiger partial charge is 0.355 e. The van der Waals surface area contributed by atoms with Crippen LogP contribution in [-0.4, -0.2) is 45.9 Å². The molecule has 0 saturated heterocycles. The molecular formula is C25H31ClN4O2. The van der Waals surface area contributed by atoms with Crippen molar-refractivity contribution in [3.8, 4) is 0 Å². The number of aromatic nitrogens is 2. The van der Waals surface area contributed by atoms with Crippen LogP contribution in [-0.2, 0) is 29.0 Å². The first-order valence-corrected chi connectivity index (χ1v) is 11.6. The Kier molecular flexibility index (Phi) is 8.68. The van der Waals surface area contributed by atoms with E-state index in [1.54, 1.807) is 6.07 Å². The Morgan fingerprint density at radius 1 is 1.03 bits per heavy atom. The summed E-state index contributed by atoms with van der Waals surface area (Å²) in [5, 5.41) is 3.54. The first-order valence-electron chi connectivity index (χ1n) is 11.3. The van der Waals surface area contributed by atoms with Crippen molar-refractivity contribution < 1.29 is 9.59 Å². The number of amides is 2. The first kappa shape index (κ1) is 23.8. The van der Waals surface area contributed by atoms with Crippen LogP contribution in [0.1, 0.15) is 38.1 Å². The summed E-state index contributed by atoms with van der Waals surface area (Å²) in [6.07, 6.45) is 2.64. The van der Waals surface area contributed by atoms with E-state index in [0.29, 0.717) is 18.0 Å². The van der Waals surface area contributed by atoms with Crippen molar-refractivity contribution in [2.75, 3.05) is 19.6 Å². The Morgan fingerprint density at radius 3 is 2.44 bits per heavy atom. The molecule has 7 heteroatoms. The van der Waals surface area contributed by atoms with Gasteiger partial charge in [-0.15, -0.1) is 0 Å². The molecule has 0 spiro atoms. The van der Waals surface area contributed by atoms with Gasteiger partial charge >= 0.3 is 0 Å². The van der Waals surface area contributed by atoms with Gasteiger partial charge < -0.3 is 14.8 Å². The number of rotatable bonds is 11. The lowest BCUT2D eigenvalue weighted by Crippen LogP contribution is -2.35. The van der Waals surface area contributed by atoms with Crippen LogP contribution in [0.4, 0.5) is 0 Å². The number of carbonyl (C=O) groups excluding carboxylic acids is 2. The molecule has 0 saturated carbocycles. The average molecular weight is 455 g/mol. The van der Waals surface area contributed by atoms with Gasteiger partial charge in [-0.1, -0.05) is 55.8 Å². The maximum Gasteiger partial charge on any atom is 0.242 e. The number of nitrogens with zero attached hydrogens (tertiary/aromatic N) is 3. The van der Waals surface area contributed by atoms with E-state index in [0.717, 1.165) is 48.4 Å². The molecule has 3 rings (SSSR count). The van der Waals surface area contributed by atoms with Crippen LogP contribution >= 0.6 is 11.6 Å². The molecule has 0 fully saturated rings. The molecule has 2 amide bonds. The number of nitrogens with one attached hydrogen (secondary N) is 1. The van der Waals surface area contributed by atoms with Crippen molar-refractivity contribution in [3.05, 3.63) is 64.9 Å². The van der Waals surface area contributed by atoms with Crippen LogP contribution in [0.5, 0.6) is 0 Å². The Hall–Kier alpha value is -2.86. The van der Waals surface area contributed by atoms with Crippen LogP contribution in [0.25, 0.3) is 11.0 Å². The van der Waals surface area contributed by atoms with Gasteiger partial charge in [-0.2, -0.15) is 0 Å². The van der Waals surface area contributed by atoms with Crippen LogP contribution < -0.4 is 5.32 Å². The van der Waals surface area contributed by atoms with Crippen molar-refractivity contribution in [2.45, 2.75) is 46.1 Å². The van der Waals surface area contributed by atoms with Crippen molar-refractivity contribution >= 4 is 34.4 Å². The van der Waals surface area contributed by atoms with Crippen LogP contribution in [0.15, 0.2) is 48.5 Å². The summed E-state index contributed by atoms with van der Waals surface area (Å²) in [5.74, 6) is 0.806. The normalized spacial score (nSPS) is 11.0. The lowest BCUT2D eigenvalue weighted by molar-refractivity contribution is -0.132. The molecule has 0 bridgehead atoms. The van der Waals surface area contributed by atoms with Gasteiger partial charge in [-0.3, -0.25) is 9.59 Å². The van der Waals surface area contributed by atoms with E-state index >= 15 is 0 Å². The summed E-state index contributed by atoms with van der Waals surface area (Å²) in [6, 6.07) is 15.2. The highest BCUT2D eigenvalue weighted by molar-refractivity contribution is 6.31. The second-order valence-electron chi connectivity index (χ2n) is 7.85. The minimum absolute atomic E-state index is 0.0890. The number of imidazole rings is 1. The SMILES string of the molecule is CCCN(CCC)C(=O)Cn1c(CCNC(=O)Cc2ccccc2Cl)nc2ccccc21. The molecule has 32 heavy (non-hydrogen) atoms. The fourth-order valence-electron chi connectivity index (χ4n) is 3.82. The summed E-state index contributed by atoms with van der Waals surface area (Å²) < 4.78 is 1.98. The fraction of sp³-hybridized carbons (Fsp3) is 0.400. The molecule has 0 unspecified atom stereocenters. The van der Waals surface area contributed by atoms with Gasteiger partial charge in [-0.25, -0.2) is 4.98 Å². The van der Waals surface area contributed by atoms with Crippen LogP contribution in [0.2, 0.25) is 5.02 Å². The summed E-state index contributed by atoms with van der Waals surface area (Å²) in [4.78, 5) is 32.0. The third-order valence-corrected chi connectivity index (χ3v) is 5.72. The van der Waals surface area contributed by atoms with Crippen LogP contribution in [0, 0.1) is 0 Å². The predicted octanol–water partition coefficient (Wildman–Crippen LogP) is 4.24. The highest BCUT2D eigenvalue weighted by Crippen LogP contribution is 2.18. The topological polar surface area (TPSA) is 67.2 Å². The standard InChI is InChI=1S/C25H31ClN4O2/c1-3-15-29(16-4-2)25(32)18-30-22-12-8-7-11-21(22)28-23(30)13-14-27-24(31)17-19-9-5-6-10-20(19)26/h5-12H,3-4,13-18H2,1-2H3,(H,27,31). The Balaban J connectivity index is 1.69. The fourth-order valence-corrected chi connectivity index (χ4v) is 4.02. The maximum absolute atomic E-state index is 13.0. The second kappa shape index (κ2) is 11.7. The van der Waals surface area contributed by atoms with E-state index in [9.17, 15) is 9.59 Å². The summed E-state index contributed by atoms with van der Waals surface area (Å²) in [5.41, 5.74) is 2.60. The van der Waals surface area contributed by atoms with Crippen molar-refractivity contribution in [2.24, 2.45) is 0 Å². The monoisotopic (exact) mass is 454 g/mol.